The molecule has 0 saturated heterocycles. The third-order valence-electron chi connectivity index (χ3n) is 1.69. The molecule has 0 fully saturated rings. The van der Waals surface area contributed by atoms with Gasteiger partial charge in [-0.2, -0.15) is 4.98 Å². The smallest absolute Gasteiger partial charge is 0.221 e. The van der Waals surface area contributed by atoms with Crippen LogP contribution in [0.5, 0.6) is 5.88 Å². The number of anilines is 1. The van der Waals surface area contributed by atoms with Crippen LogP contribution < -0.4 is 10.5 Å². The molecule has 0 aromatic carbocycles. The van der Waals surface area contributed by atoms with Crippen LogP contribution >= 0.6 is 0 Å². The maximum Gasteiger partial charge on any atom is 0.221 e. The van der Waals surface area contributed by atoms with Crippen LogP contribution in [0.1, 0.15) is 18.3 Å². The largest absolute Gasteiger partial charge is 0.481 e. The Morgan fingerprint density at radius 2 is 2.08 bits per heavy atom. The third-order valence-corrected chi connectivity index (χ3v) is 1.69. The van der Waals surface area contributed by atoms with Crippen LogP contribution in [0.15, 0.2) is 0 Å². The molecule has 0 unspecified atom stereocenters. The van der Waals surface area contributed by atoms with Crippen molar-refractivity contribution >= 4 is 5.82 Å². The van der Waals surface area contributed by atoms with Crippen molar-refractivity contribution in [1.82, 2.24) is 9.97 Å². The Hall–Kier alpha value is -1.32. The lowest BCUT2D eigenvalue weighted by molar-refractivity contribution is 0.392. The van der Waals surface area contributed by atoms with E-state index in [1.54, 1.807) is 7.11 Å². The number of aryl methyl sites for hydroxylation is 1. The number of hydrogen-bond donors (Lipinski definition) is 1. The van der Waals surface area contributed by atoms with E-state index in [2.05, 4.69) is 9.97 Å². The normalized spacial score (nSPS) is 9.92. The number of methoxy groups -OCH3 is 1. The quantitative estimate of drug-likeness (QED) is 0.712. The summed E-state index contributed by atoms with van der Waals surface area (Å²) in [7, 11) is 1.58. The number of nitrogens with zero attached hydrogens (tertiary/aromatic N) is 2. The molecule has 1 heterocycles. The molecule has 0 atom stereocenters. The molecule has 0 aliphatic heterocycles. The van der Waals surface area contributed by atoms with E-state index in [0.29, 0.717) is 11.7 Å². The second-order valence-electron chi connectivity index (χ2n) is 2.51. The molecule has 0 radical (unpaired) electrons. The molecular weight excluding hydrogens is 154 g/mol. The van der Waals surface area contributed by atoms with Crippen molar-refractivity contribution in [1.29, 1.82) is 0 Å². The number of ether oxygens (including phenoxy) is 1. The van der Waals surface area contributed by atoms with Gasteiger partial charge in [-0.1, -0.05) is 6.92 Å². The molecule has 12 heavy (non-hydrogen) atoms. The summed E-state index contributed by atoms with van der Waals surface area (Å²) in [4.78, 5) is 8.24. The summed E-state index contributed by atoms with van der Waals surface area (Å²) in [6.07, 6.45) is 0.765. The van der Waals surface area contributed by atoms with Gasteiger partial charge in [0, 0.05) is 6.42 Å². The molecule has 0 amide bonds. The highest BCUT2D eigenvalue weighted by Crippen LogP contribution is 2.18. The molecule has 0 spiro atoms. The first kappa shape index (κ1) is 8.77. The summed E-state index contributed by atoms with van der Waals surface area (Å²) in [5, 5.41) is 0. The lowest BCUT2D eigenvalue weighted by atomic mass is 10.3. The van der Waals surface area contributed by atoms with E-state index in [1.165, 1.54) is 0 Å². The van der Waals surface area contributed by atoms with Crippen LogP contribution in [0.2, 0.25) is 0 Å². The Balaban J connectivity index is 3.19. The Labute approximate surface area is 71.8 Å². The van der Waals surface area contributed by atoms with E-state index < -0.39 is 0 Å². The predicted molar refractivity (Wildman–Crippen MR) is 47.1 cm³/mol. The molecule has 1 aromatic heterocycles. The Kier molecular flexibility index (Phi) is 2.47. The van der Waals surface area contributed by atoms with Gasteiger partial charge in [0.25, 0.3) is 0 Å². The van der Waals surface area contributed by atoms with E-state index in [0.717, 1.165) is 17.8 Å². The average Bonchev–Trinajstić information content (AvgIpc) is 2.09. The van der Waals surface area contributed by atoms with Gasteiger partial charge in [-0.3, -0.25) is 0 Å². The van der Waals surface area contributed by atoms with E-state index in [9.17, 15) is 0 Å². The zero-order valence-corrected chi connectivity index (χ0v) is 7.59. The number of aromatic nitrogens is 2. The fourth-order valence-corrected chi connectivity index (χ4v) is 0.915. The van der Waals surface area contributed by atoms with Crippen molar-refractivity contribution < 1.29 is 4.74 Å². The number of rotatable bonds is 2. The Morgan fingerprint density at radius 1 is 1.42 bits per heavy atom. The standard InChI is InChI=1S/C8H13N3O/c1-4-6-10-7(9)5(2)8(11-6)12-3/h4H2,1-3H3,(H2,9,10,11). The average molecular weight is 167 g/mol. The lowest BCUT2D eigenvalue weighted by Gasteiger charge is -2.06. The first-order valence-electron chi connectivity index (χ1n) is 3.86. The van der Waals surface area contributed by atoms with Gasteiger partial charge in [-0.15, -0.1) is 0 Å². The fourth-order valence-electron chi connectivity index (χ4n) is 0.915. The minimum absolute atomic E-state index is 0.499. The second-order valence-corrected chi connectivity index (χ2v) is 2.51. The number of hydrogen-bond acceptors (Lipinski definition) is 4. The Bertz CT molecular complexity index is 286. The minimum atomic E-state index is 0.499. The van der Waals surface area contributed by atoms with Crippen molar-refractivity contribution in [3.05, 3.63) is 11.4 Å². The van der Waals surface area contributed by atoms with Crippen molar-refractivity contribution in [3.8, 4) is 5.88 Å². The number of nitrogen functional groups attached to an aromatic ring is 1. The first-order valence-corrected chi connectivity index (χ1v) is 3.86. The summed E-state index contributed by atoms with van der Waals surface area (Å²) in [6, 6.07) is 0. The first-order chi connectivity index (χ1) is 5.69. The minimum Gasteiger partial charge on any atom is -0.481 e. The van der Waals surface area contributed by atoms with Crippen LogP contribution in [0, 0.1) is 6.92 Å². The predicted octanol–water partition coefficient (Wildman–Crippen LogP) is 0.938. The van der Waals surface area contributed by atoms with Crippen LogP contribution in [-0.2, 0) is 6.42 Å². The molecule has 1 rings (SSSR count). The summed E-state index contributed by atoms with van der Waals surface area (Å²) in [6.45, 7) is 3.82. The van der Waals surface area contributed by atoms with Gasteiger partial charge in [-0.05, 0) is 6.92 Å². The highest BCUT2D eigenvalue weighted by molar-refractivity contribution is 5.44. The van der Waals surface area contributed by atoms with Crippen LogP contribution in [-0.4, -0.2) is 17.1 Å². The summed E-state index contributed by atoms with van der Waals surface area (Å²) >= 11 is 0. The van der Waals surface area contributed by atoms with Crippen molar-refractivity contribution in [2.24, 2.45) is 0 Å². The lowest BCUT2D eigenvalue weighted by Crippen LogP contribution is -2.04. The van der Waals surface area contributed by atoms with E-state index >= 15 is 0 Å². The summed E-state index contributed by atoms with van der Waals surface area (Å²) < 4.78 is 5.04. The van der Waals surface area contributed by atoms with Crippen molar-refractivity contribution in [2.45, 2.75) is 20.3 Å². The third kappa shape index (κ3) is 1.47. The summed E-state index contributed by atoms with van der Waals surface area (Å²) in [5.74, 6) is 1.79. The van der Waals surface area contributed by atoms with Gasteiger partial charge in [0.15, 0.2) is 0 Å². The molecule has 1 aromatic rings. The summed E-state index contributed by atoms with van der Waals surface area (Å²) in [5.41, 5.74) is 6.44. The molecular formula is C8H13N3O. The van der Waals surface area contributed by atoms with Gasteiger partial charge in [0.2, 0.25) is 5.88 Å². The molecule has 0 aliphatic rings. The molecule has 0 bridgehead atoms. The van der Waals surface area contributed by atoms with Gasteiger partial charge in [-0.25, -0.2) is 4.98 Å². The van der Waals surface area contributed by atoms with Gasteiger partial charge in [0.1, 0.15) is 11.6 Å². The topological polar surface area (TPSA) is 61.0 Å². The fraction of sp³-hybridized carbons (Fsp3) is 0.500. The molecule has 66 valence electrons. The highest BCUT2D eigenvalue weighted by Gasteiger charge is 2.06. The molecule has 4 heteroatoms. The van der Waals surface area contributed by atoms with Crippen LogP contribution in [0.25, 0.3) is 0 Å². The van der Waals surface area contributed by atoms with Crippen LogP contribution in [0.3, 0.4) is 0 Å². The molecule has 2 N–H and O–H groups in total. The zero-order chi connectivity index (χ0) is 9.14. The van der Waals surface area contributed by atoms with Gasteiger partial charge < -0.3 is 10.5 Å². The van der Waals surface area contributed by atoms with Crippen molar-refractivity contribution in [2.75, 3.05) is 12.8 Å². The van der Waals surface area contributed by atoms with E-state index in [-0.39, 0.29) is 0 Å². The molecule has 4 nitrogen and oxygen atoms in total. The SMILES string of the molecule is CCc1nc(N)c(C)c(OC)n1. The van der Waals surface area contributed by atoms with Gasteiger partial charge in [0.05, 0.1) is 12.7 Å². The number of nitrogens with two attached hydrogens (primary N) is 1. The van der Waals surface area contributed by atoms with E-state index in [1.807, 2.05) is 13.8 Å². The second kappa shape index (κ2) is 3.38. The Morgan fingerprint density at radius 3 is 2.58 bits per heavy atom. The maximum atomic E-state index is 5.64. The highest BCUT2D eigenvalue weighted by atomic mass is 16.5. The molecule has 0 saturated carbocycles. The zero-order valence-electron chi connectivity index (χ0n) is 7.59. The molecule has 0 aliphatic carbocycles. The monoisotopic (exact) mass is 167 g/mol. The van der Waals surface area contributed by atoms with Gasteiger partial charge >= 0.3 is 0 Å². The maximum absolute atomic E-state index is 5.64. The van der Waals surface area contributed by atoms with Crippen LogP contribution in [0.4, 0.5) is 5.82 Å². The van der Waals surface area contributed by atoms with Crippen molar-refractivity contribution in [3.63, 3.8) is 0 Å². The van der Waals surface area contributed by atoms with E-state index in [4.69, 9.17) is 10.5 Å².